The molecule has 3 rings (SSSR count). The first kappa shape index (κ1) is 22.7. The van der Waals surface area contributed by atoms with Crippen molar-refractivity contribution in [2.75, 3.05) is 0 Å². The van der Waals surface area contributed by atoms with Crippen molar-refractivity contribution in [1.29, 1.82) is 0 Å². The molecule has 31 heavy (non-hydrogen) atoms. The third kappa shape index (κ3) is 3.89. The van der Waals surface area contributed by atoms with E-state index in [0.717, 1.165) is 24.3 Å². The lowest BCUT2D eigenvalue weighted by Crippen LogP contribution is -2.14. The van der Waals surface area contributed by atoms with Crippen molar-refractivity contribution in [1.82, 2.24) is 0 Å². The molecule has 0 aliphatic rings. The Morgan fingerprint density at radius 2 is 1.32 bits per heavy atom. The predicted octanol–water partition coefficient (Wildman–Crippen LogP) is 4.98. The highest BCUT2D eigenvalue weighted by atomic mass is 31.2. The Morgan fingerprint density at radius 1 is 0.806 bits per heavy atom. The van der Waals surface area contributed by atoms with Crippen LogP contribution in [0.4, 0.5) is 30.7 Å². The van der Waals surface area contributed by atoms with Crippen molar-refractivity contribution >= 4 is 24.3 Å². The summed E-state index contributed by atoms with van der Waals surface area (Å²) >= 11 is 0. The summed E-state index contributed by atoms with van der Waals surface area (Å²) in [5.74, 6) is -15.4. The number of halogens is 7. The van der Waals surface area contributed by atoms with E-state index in [-0.39, 0.29) is 10.8 Å². The van der Waals surface area contributed by atoms with Crippen LogP contribution >= 0.6 is 7.60 Å². The zero-order valence-corrected chi connectivity index (χ0v) is 15.6. The standard InChI is InChI=1S/C18H8F7O5P/c19-11-12(20)14(22)16(15(23)13(11)21)30-17(26)8-2-1-7-3-4-10(6-9(7)5-8)18(24,25)31(27,28)29/h1-6H,(H2,27,28,29). The average molecular weight is 468 g/mol. The monoisotopic (exact) mass is 468 g/mol. The molecule has 0 atom stereocenters. The summed E-state index contributed by atoms with van der Waals surface area (Å²) in [5, 5.41) is 0.0653. The van der Waals surface area contributed by atoms with Crippen LogP contribution in [0, 0.1) is 29.1 Å². The molecule has 164 valence electrons. The largest absolute Gasteiger partial charge is 0.416 e. The maximum absolute atomic E-state index is 13.9. The summed E-state index contributed by atoms with van der Waals surface area (Å²) in [7, 11) is -5.88. The van der Waals surface area contributed by atoms with Gasteiger partial charge >= 0.3 is 19.2 Å². The molecular formula is C18H8F7O5P. The average Bonchev–Trinajstić information content (AvgIpc) is 2.72. The smallest absolute Gasteiger partial charge is 0.399 e. The summed E-state index contributed by atoms with van der Waals surface area (Å²) in [6.07, 6.45) is 0. The van der Waals surface area contributed by atoms with Gasteiger partial charge in [-0.15, -0.1) is 0 Å². The first-order valence-electron chi connectivity index (χ1n) is 7.97. The Labute approximate surface area is 167 Å². The second-order valence-corrected chi connectivity index (χ2v) is 7.80. The summed E-state index contributed by atoms with van der Waals surface area (Å²) in [6.45, 7) is 0. The van der Waals surface area contributed by atoms with Gasteiger partial charge in [0.05, 0.1) is 5.56 Å². The van der Waals surface area contributed by atoms with Crippen LogP contribution < -0.4 is 4.74 Å². The van der Waals surface area contributed by atoms with Crippen LogP contribution in [-0.2, 0) is 10.2 Å². The molecule has 0 aromatic heterocycles. The molecule has 3 aromatic carbocycles. The van der Waals surface area contributed by atoms with E-state index < -0.39 is 65.2 Å². The van der Waals surface area contributed by atoms with E-state index in [1.165, 1.54) is 6.07 Å². The van der Waals surface area contributed by atoms with Crippen molar-refractivity contribution in [2.45, 2.75) is 5.66 Å². The van der Waals surface area contributed by atoms with Crippen molar-refractivity contribution in [2.24, 2.45) is 0 Å². The van der Waals surface area contributed by atoms with Gasteiger partial charge in [-0.25, -0.2) is 18.0 Å². The quantitative estimate of drug-likeness (QED) is 0.141. The number of rotatable bonds is 4. The van der Waals surface area contributed by atoms with Crippen LogP contribution in [-0.4, -0.2) is 15.8 Å². The third-order valence-electron chi connectivity index (χ3n) is 4.15. The van der Waals surface area contributed by atoms with Gasteiger partial charge in [0.2, 0.25) is 34.8 Å². The highest BCUT2D eigenvalue weighted by molar-refractivity contribution is 7.52. The number of alkyl halides is 2. The molecule has 0 fully saturated rings. The minimum absolute atomic E-state index is 0.155. The topological polar surface area (TPSA) is 83.8 Å². The molecule has 0 unspecified atom stereocenters. The molecule has 0 spiro atoms. The first-order valence-corrected chi connectivity index (χ1v) is 9.58. The van der Waals surface area contributed by atoms with Gasteiger partial charge < -0.3 is 14.5 Å². The molecular weight excluding hydrogens is 460 g/mol. The minimum Gasteiger partial charge on any atom is -0.416 e. The fourth-order valence-electron chi connectivity index (χ4n) is 2.55. The summed E-state index contributed by atoms with van der Waals surface area (Å²) in [5.41, 5.74) is -6.17. The fourth-order valence-corrected chi connectivity index (χ4v) is 3.03. The highest BCUT2D eigenvalue weighted by Crippen LogP contribution is 2.59. The molecule has 0 aliphatic heterocycles. The van der Waals surface area contributed by atoms with Crippen LogP contribution in [0.15, 0.2) is 36.4 Å². The second kappa shape index (κ2) is 7.63. The van der Waals surface area contributed by atoms with Gasteiger partial charge in [0, 0.05) is 5.56 Å². The first-order chi connectivity index (χ1) is 14.3. The fraction of sp³-hybridized carbons (Fsp3) is 0.0556. The number of hydrogen-bond donors (Lipinski definition) is 2. The van der Waals surface area contributed by atoms with E-state index in [1.54, 1.807) is 0 Å². The van der Waals surface area contributed by atoms with Gasteiger partial charge in [-0.05, 0) is 29.0 Å². The molecule has 3 aromatic rings. The zero-order valence-electron chi connectivity index (χ0n) is 14.7. The van der Waals surface area contributed by atoms with Crippen LogP contribution in [0.5, 0.6) is 5.75 Å². The van der Waals surface area contributed by atoms with Gasteiger partial charge in [0.25, 0.3) is 0 Å². The summed E-state index contributed by atoms with van der Waals surface area (Å²) in [6, 6.07) is 5.51. The van der Waals surface area contributed by atoms with Crippen molar-refractivity contribution in [3.8, 4) is 5.75 Å². The molecule has 0 heterocycles. The maximum Gasteiger partial charge on any atom is 0.399 e. The van der Waals surface area contributed by atoms with Crippen molar-refractivity contribution < 1.29 is 54.6 Å². The van der Waals surface area contributed by atoms with Crippen LogP contribution in [0.25, 0.3) is 10.8 Å². The lowest BCUT2D eigenvalue weighted by Gasteiger charge is -2.18. The number of carbonyl (C=O) groups excluding carboxylic acids is 1. The molecule has 2 N–H and O–H groups in total. The zero-order chi connectivity index (χ0) is 23.3. The highest BCUT2D eigenvalue weighted by Gasteiger charge is 2.50. The minimum atomic E-state index is -5.88. The van der Waals surface area contributed by atoms with E-state index in [2.05, 4.69) is 4.74 Å². The number of benzene rings is 3. The van der Waals surface area contributed by atoms with Gasteiger partial charge in [0.1, 0.15) is 0 Å². The third-order valence-corrected chi connectivity index (χ3v) is 5.14. The van der Waals surface area contributed by atoms with Crippen LogP contribution in [0.2, 0.25) is 0 Å². The van der Waals surface area contributed by atoms with E-state index in [1.807, 2.05) is 0 Å². The van der Waals surface area contributed by atoms with E-state index in [4.69, 9.17) is 9.79 Å². The number of esters is 1. The van der Waals surface area contributed by atoms with E-state index in [9.17, 15) is 40.1 Å². The van der Waals surface area contributed by atoms with Gasteiger partial charge in [0.15, 0.2) is 0 Å². The van der Waals surface area contributed by atoms with Crippen molar-refractivity contribution in [3.63, 3.8) is 0 Å². The molecule has 0 bridgehead atoms. The Balaban J connectivity index is 2.03. The Kier molecular flexibility index (Phi) is 5.59. The predicted molar refractivity (Wildman–Crippen MR) is 91.1 cm³/mol. The number of hydrogen-bond acceptors (Lipinski definition) is 3. The Hall–Kier alpha value is -2.95. The second-order valence-electron chi connectivity index (χ2n) is 6.15. The molecule has 0 amide bonds. The van der Waals surface area contributed by atoms with Gasteiger partial charge in [-0.3, -0.25) is 4.57 Å². The molecule has 0 saturated heterocycles. The molecule has 0 saturated carbocycles. The summed E-state index contributed by atoms with van der Waals surface area (Å²) < 4.78 is 110. The normalized spacial score (nSPS) is 12.3. The molecule has 0 aliphatic carbocycles. The molecule has 5 nitrogen and oxygen atoms in total. The number of ether oxygens (including phenoxy) is 1. The lowest BCUT2D eigenvalue weighted by molar-refractivity contribution is 0.0566. The van der Waals surface area contributed by atoms with E-state index in [0.29, 0.717) is 6.07 Å². The van der Waals surface area contributed by atoms with Crippen LogP contribution in [0.1, 0.15) is 15.9 Å². The lowest BCUT2D eigenvalue weighted by atomic mass is 10.0. The Bertz CT molecular complexity index is 1240. The molecule has 0 radical (unpaired) electrons. The van der Waals surface area contributed by atoms with Gasteiger partial charge in [-0.2, -0.15) is 17.6 Å². The van der Waals surface area contributed by atoms with Gasteiger partial charge in [-0.1, -0.05) is 18.2 Å². The SMILES string of the molecule is O=C(Oc1c(F)c(F)c(F)c(F)c1F)c1ccc2ccc(C(F)(F)P(=O)(O)O)cc2c1. The van der Waals surface area contributed by atoms with Crippen molar-refractivity contribution in [3.05, 3.63) is 76.6 Å². The number of fused-ring (bicyclic) bond motifs is 1. The number of carbonyl (C=O) groups is 1. The van der Waals surface area contributed by atoms with Crippen LogP contribution in [0.3, 0.4) is 0 Å². The molecule has 13 heteroatoms. The maximum atomic E-state index is 13.9. The van der Waals surface area contributed by atoms with E-state index >= 15 is 0 Å². The Morgan fingerprint density at radius 3 is 1.87 bits per heavy atom. The summed E-state index contributed by atoms with van der Waals surface area (Å²) in [4.78, 5) is 29.8.